The maximum Gasteiger partial charge on any atom is 0.142 e. The lowest BCUT2D eigenvalue weighted by Gasteiger charge is -2.10. The second kappa shape index (κ2) is 4.98. The number of aryl methyl sites for hydroxylation is 1. The minimum Gasteiger partial charge on any atom is -0.456 e. The number of rotatable bonds is 2. The molecule has 2 nitrogen and oxygen atoms in total. The number of benzene rings is 2. The quantitative estimate of drug-likeness (QED) is 0.810. The molecule has 0 saturated carbocycles. The van der Waals surface area contributed by atoms with Gasteiger partial charge < -0.3 is 10.5 Å². The SMILES string of the molecule is Cc1cc(Oc2cccc(Cl)c2)c(Br)cc1N. The van der Waals surface area contributed by atoms with Crippen LogP contribution in [-0.2, 0) is 0 Å². The fourth-order valence-electron chi connectivity index (χ4n) is 1.41. The molecule has 0 unspecified atom stereocenters. The number of nitrogen functional groups attached to an aromatic ring is 1. The number of hydrogen-bond acceptors (Lipinski definition) is 2. The zero-order valence-corrected chi connectivity index (χ0v) is 11.5. The van der Waals surface area contributed by atoms with Crippen LogP contribution < -0.4 is 10.5 Å². The maximum absolute atomic E-state index is 5.90. The predicted octanol–water partition coefficient (Wildman–Crippen LogP) is 4.79. The molecule has 0 radical (unpaired) electrons. The molecule has 17 heavy (non-hydrogen) atoms. The molecule has 4 heteroatoms. The highest BCUT2D eigenvalue weighted by Gasteiger charge is 2.06. The van der Waals surface area contributed by atoms with Crippen molar-refractivity contribution in [1.82, 2.24) is 0 Å². The van der Waals surface area contributed by atoms with E-state index in [0.29, 0.717) is 10.8 Å². The molecule has 0 aliphatic heterocycles. The Kier molecular flexibility index (Phi) is 3.60. The molecule has 0 atom stereocenters. The lowest BCUT2D eigenvalue weighted by molar-refractivity contribution is 0.479. The van der Waals surface area contributed by atoms with Crippen molar-refractivity contribution < 1.29 is 4.74 Å². The molecule has 0 fully saturated rings. The lowest BCUT2D eigenvalue weighted by atomic mass is 10.2. The van der Waals surface area contributed by atoms with Crippen molar-refractivity contribution in [3.63, 3.8) is 0 Å². The third-order valence-corrected chi connectivity index (χ3v) is 3.20. The largest absolute Gasteiger partial charge is 0.456 e. The molecular formula is C13H11BrClNO. The highest BCUT2D eigenvalue weighted by Crippen LogP contribution is 2.33. The molecule has 0 amide bonds. The molecular weight excluding hydrogens is 302 g/mol. The topological polar surface area (TPSA) is 35.2 Å². The predicted molar refractivity (Wildman–Crippen MR) is 74.8 cm³/mol. The first-order chi connectivity index (χ1) is 8.06. The van der Waals surface area contributed by atoms with E-state index in [1.165, 1.54) is 0 Å². The van der Waals surface area contributed by atoms with Crippen LogP contribution in [0.5, 0.6) is 11.5 Å². The summed E-state index contributed by atoms with van der Waals surface area (Å²) in [5.74, 6) is 1.42. The van der Waals surface area contributed by atoms with Crippen LogP contribution in [0.15, 0.2) is 40.9 Å². The van der Waals surface area contributed by atoms with E-state index in [1.54, 1.807) is 12.1 Å². The van der Waals surface area contributed by atoms with Gasteiger partial charge in [-0.25, -0.2) is 0 Å². The van der Waals surface area contributed by atoms with Gasteiger partial charge in [-0.1, -0.05) is 17.7 Å². The summed E-state index contributed by atoms with van der Waals surface area (Å²) >= 11 is 9.31. The van der Waals surface area contributed by atoms with Crippen molar-refractivity contribution >= 4 is 33.2 Å². The standard InChI is InChI=1S/C13H11BrClNO/c1-8-5-13(11(14)7-12(8)16)17-10-4-2-3-9(15)6-10/h2-7H,16H2,1H3. The highest BCUT2D eigenvalue weighted by molar-refractivity contribution is 9.10. The maximum atomic E-state index is 5.90. The Balaban J connectivity index is 2.33. The average Bonchev–Trinajstić information content (AvgIpc) is 2.26. The van der Waals surface area contributed by atoms with Crippen molar-refractivity contribution in [3.8, 4) is 11.5 Å². The number of ether oxygens (including phenoxy) is 1. The van der Waals surface area contributed by atoms with Crippen LogP contribution in [0.3, 0.4) is 0 Å². The van der Waals surface area contributed by atoms with Gasteiger partial charge in [0.15, 0.2) is 0 Å². The average molecular weight is 313 g/mol. The van der Waals surface area contributed by atoms with Crippen LogP contribution in [0.1, 0.15) is 5.56 Å². The molecule has 2 N–H and O–H groups in total. The van der Waals surface area contributed by atoms with Crippen LogP contribution in [0.25, 0.3) is 0 Å². The van der Waals surface area contributed by atoms with Crippen molar-refractivity contribution in [2.24, 2.45) is 0 Å². The van der Waals surface area contributed by atoms with Gasteiger partial charge in [-0.05, 0) is 58.7 Å². The fourth-order valence-corrected chi connectivity index (χ4v) is 2.03. The summed E-state index contributed by atoms with van der Waals surface area (Å²) in [5, 5.41) is 0.644. The third kappa shape index (κ3) is 2.93. The third-order valence-electron chi connectivity index (χ3n) is 2.34. The molecule has 2 aromatic carbocycles. The molecule has 0 saturated heterocycles. The Labute approximate surface area is 113 Å². The Morgan fingerprint density at radius 1 is 1.24 bits per heavy atom. The van der Waals surface area contributed by atoms with Crippen LogP contribution >= 0.6 is 27.5 Å². The Morgan fingerprint density at radius 2 is 2.00 bits per heavy atom. The van der Waals surface area contributed by atoms with E-state index in [2.05, 4.69) is 15.9 Å². The Hall–Kier alpha value is -1.19. The molecule has 0 bridgehead atoms. The Morgan fingerprint density at radius 3 is 2.71 bits per heavy atom. The summed E-state index contributed by atoms with van der Waals surface area (Å²) in [6.07, 6.45) is 0. The zero-order chi connectivity index (χ0) is 12.4. The molecule has 0 spiro atoms. The van der Waals surface area contributed by atoms with Gasteiger partial charge in [-0.2, -0.15) is 0 Å². The molecule has 0 heterocycles. The number of halogens is 2. The van der Waals surface area contributed by atoms with Gasteiger partial charge in [0.2, 0.25) is 0 Å². The zero-order valence-electron chi connectivity index (χ0n) is 9.21. The Bertz CT molecular complexity index is 557. The number of anilines is 1. The van der Waals surface area contributed by atoms with Crippen molar-refractivity contribution in [3.05, 3.63) is 51.5 Å². The summed E-state index contributed by atoms with van der Waals surface area (Å²) in [4.78, 5) is 0. The summed E-state index contributed by atoms with van der Waals surface area (Å²) in [6.45, 7) is 1.94. The van der Waals surface area contributed by atoms with E-state index >= 15 is 0 Å². The van der Waals surface area contributed by atoms with Gasteiger partial charge in [0.1, 0.15) is 11.5 Å². The first kappa shape index (κ1) is 12.3. The second-order valence-corrected chi connectivity index (χ2v) is 4.99. The van der Waals surface area contributed by atoms with Crippen molar-refractivity contribution in [2.75, 3.05) is 5.73 Å². The van der Waals surface area contributed by atoms with Crippen molar-refractivity contribution in [1.29, 1.82) is 0 Å². The molecule has 2 aromatic rings. The number of hydrogen-bond donors (Lipinski definition) is 1. The van der Waals surface area contributed by atoms with Gasteiger partial charge >= 0.3 is 0 Å². The van der Waals surface area contributed by atoms with E-state index in [4.69, 9.17) is 22.1 Å². The molecule has 88 valence electrons. The normalized spacial score (nSPS) is 10.3. The monoisotopic (exact) mass is 311 g/mol. The molecule has 0 aromatic heterocycles. The van der Waals surface area contributed by atoms with E-state index in [-0.39, 0.29) is 0 Å². The van der Waals surface area contributed by atoms with Gasteiger partial charge in [0.25, 0.3) is 0 Å². The van der Waals surface area contributed by atoms with E-state index in [0.717, 1.165) is 21.5 Å². The van der Waals surface area contributed by atoms with Crippen LogP contribution in [-0.4, -0.2) is 0 Å². The fraction of sp³-hybridized carbons (Fsp3) is 0.0769. The molecule has 0 aliphatic rings. The van der Waals surface area contributed by atoms with Crippen LogP contribution in [0.2, 0.25) is 5.02 Å². The van der Waals surface area contributed by atoms with E-state index in [9.17, 15) is 0 Å². The minimum atomic E-state index is 0.644. The molecule has 0 aliphatic carbocycles. The number of nitrogens with two attached hydrogens (primary N) is 1. The summed E-state index contributed by atoms with van der Waals surface area (Å²) in [6, 6.07) is 11.0. The van der Waals surface area contributed by atoms with Gasteiger partial charge in [-0.15, -0.1) is 0 Å². The smallest absolute Gasteiger partial charge is 0.142 e. The summed E-state index contributed by atoms with van der Waals surface area (Å²) < 4.78 is 6.56. The minimum absolute atomic E-state index is 0.644. The van der Waals surface area contributed by atoms with Gasteiger partial charge in [-0.3, -0.25) is 0 Å². The molecule has 2 rings (SSSR count). The van der Waals surface area contributed by atoms with Crippen molar-refractivity contribution in [2.45, 2.75) is 6.92 Å². The van der Waals surface area contributed by atoms with Gasteiger partial charge in [0.05, 0.1) is 4.47 Å². The summed E-state index contributed by atoms with van der Waals surface area (Å²) in [7, 11) is 0. The first-order valence-corrected chi connectivity index (χ1v) is 6.22. The van der Waals surface area contributed by atoms with E-state index < -0.39 is 0 Å². The van der Waals surface area contributed by atoms with Crippen LogP contribution in [0, 0.1) is 6.92 Å². The first-order valence-electron chi connectivity index (χ1n) is 5.05. The van der Waals surface area contributed by atoms with Gasteiger partial charge in [0, 0.05) is 10.7 Å². The van der Waals surface area contributed by atoms with E-state index in [1.807, 2.05) is 31.2 Å². The second-order valence-electron chi connectivity index (χ2n) is 3.70. The summed E-state index contributed by atoms with van der Waals surface area (Å²) in [5.41, 5.74) is 7.51. The van der Waals surface area contributed by atoms with Crippen LogP contribution in [0.4, 0.5) is 5.69 Å². The lowest BCUT2D eigenvalue weighted by Crippen LogP contribution is -1.92. The highest BCUT2D eigenvalue weighted by atomic mass is 79.9.